The van der Waals surface area contributed by atoms with Crippen LogP contribution in [0.25, 0.3) is 0 Å². The summed E-state index contributed by atoms with van der Waals surface area (Å²) >= 11 is 0. The van der Waals surface area contributed by atoms with Crippen LogP contribution in [0.15, 0.2) is 21.9 Å². The van der Waals surface area contributed by atoms with Crippen molar-refractivity contribution in [2.75, 3.05) is 19.7 Å². The van der Waals surface area contributed by atoms with Crippen LogP contribution in [0.1, 0.15) is 19.1 Å². The number of hydrogen-bond acceptors (Lipinski definition) is 7. The fourth-order valence-electron chi connectivity index (χ4n) is 3.63. The zero-order chi connectivity index (χ0) is 18.1. The molecule has 0 radical (unpaired) electrons. The lowest BCUT2D eigenvalue weighted by atomic mass is 9.94. The minimum atomic E-state index is -1.11. The lowest BCUT2D eigenvalue weighted by Gasteiger charge is -2.37. The molecule has 4 N–H and O–H groups in total. The first kappa shape index (κ1) is 17.8. The molecule has 4 atom stereocenters. The number of likely N-dealkylation sites (tertiary alicyclic amines) is 1. The molecule has 2 fully saturated rings. The average molecular weight is 355 g/mol. The highest BCUT2D eigenvalue weighted by atomic mass is 16.5. The minimum absolute atomic E-state index is 0.352. The third kappa shape index (κ3) is 3.38. The summed E-state index contributed by atoms with van der Waals surface area (Å²) in [5.74, 6) is -1.25. The number of H-pyrrole nitrogens is 1. The molecule has 0 saturated carbocycles. The predicted molar refractivity (Wildman–Crippen MR) is 84.0 cm³/mol. The topological polar surface area (TPSA) is 145 Å². The molecule has 0 unspecified atom stereocenters. The number of carboxylic acids is 1. The number of aromatic amines is 1. The van der Waals surface area contributed by atoms with Crippen LogP contribution < -0.4 is 11.2 Å². The molecule has 3 rings (SSSR count). The zero-order valence-corrected chi connectivity index (χ0v) is 13.4. The Hall–Kier alpha value is -2.01. The molecular formula is C15H21N3O7. The molecule has 2 aliphatic rings. The van der Waals surface area contributed by atoms with Gasteiger partial charge in [-0.15, -0.1) is 0 Å². The summed E-state index contributed by atoms with van der Waals surface area (Å²) in [6.07, 6.45) is -0.742. The van der Waals surface area contributed by atoms with E-state index < -0.39 is 47.6 Å². The first-order valence-corrected chi connectivity index (χ1v) is 8.15. The summed E-state index contributed by atoms with van der Waals surface area (Å²) in [6, 6.07) is 0.584. The van der Waals surface area contributed by atoms with Crippen molar-refractivity contribution >= 4 is 5.97 Å². The third-order valence-corrected chi connectivity index (χ3v) is 4.94. The smallest absolute Gasteiger partial charge is 0.330 e. The van der Waals surface area contributed by atoms with Gasteiger partial charge in [0.25, 0.3) is 5.56 Å². The molecule has 2 saturated heterocycles. The number of hydrogen-bond donors (Lipinski definition) is 4. The fourth-order valence-corrected chi connectivity index (χ4v) is 3.63. The maximum atomic E-state index is 11.9. The number of aliphatic carboxylic acids is 1. The molecule has 0 spiro atoms. The second-order valence-corrected chi connectivity index (χ2v) is 6.39. The molecule has 0 aliphatic carbocycles. The molecule has 25 heavy (non-hydrogen) atoms. The Morgan fingerprint density at radius 1 is 1.32 bits per heavy atom. The number of aliphatic hydroxyl groups excluding tert-OH is 2. The Bertz CT molecular complexity index is 737. The molecule has 3 heterocycles. The number of carboxylic acid groups (broad SMARTS) is 1. The van der Waals surface area contributed by atoms with Crippen molar-refractivity contribution in [1.82, 2.24) is 14.5 Å². The fraction of sp³-hybridized carbons (Fsp3) is 0.667. The maximum absolute atomic E-state index is 11.9. The molecule has 0 bridgehead atoms. The molecular weight excluding hydrogens is 334 g/mol. The molecule has 10 nitrogen and oxygen atoms in total. The van der Waals surface area contributed by atoms with E-state index >= 15 is 0 Å². The van der Waals surface area contributed by atoms with E-state index in [0.29, 0.717) is 25.9 Å². The number of ether oxygens (including phenoxy) is 1. The van der Waals surface area contributed by atoms with E-state index in [-0.39, 0.29) is 6.61 Å². The van der Waals surface area contributed by atoms with Crippen LogP contribution in [0.3, 0.4) is 0 Å². The highest BCUT2D eigenvalue weighted by molar-refractivity contribution is 5.70. The Balaban J connectivity index is 1.80. The number of aliphatic hydroxyl groups is 2. The van der Waals surface area contributed by atoms with Gasteiger partial charge in [0.05, 0.1) is 18.6 Å². The van der Waals surface area contributed by atoms with E-state index in [1.807, 2.05) is 4.90 Å². The van der Waals surface area contributed by atoms with Crippen molar-refractivity contribution in [2.45, 2.75) is 37.3 Å². The van der Waals surface area contributed by atoms with Gasteiger partial charge < -0.3 is 20.1 Å². The average Bonchev–Trinajstić information content (AvgIpc) is 2.91. The standard InChI is InChI=1S/C15H21N3O7/c19-7-9-11(17-4-1-8(2-5-17)14(22)23)12(21)13(25-9)18-6-3-10(20)16-15(18)24/h3,6,8-9,11-13,19,21H,1-2,4-5,7H2,(H,22,23)(H,16,20,24)/t9-,11-,12+,13-/m1/s1. The Kier molecular flexibility index (Phi) is 5.04. The van der Waals surface area contributed by atoms with Crippen LogP contribution >= 0.6 is 0 Å². The quantitative estimate of drug-likeness (QED) is 0.483. The van der Waals surface area contributed by atoms with Crippen LogP contribution in [-0.2, 0) is 9.53 Å². The molecule has 1 aromatic rings. The first-order valence-electron chi connectivity index (χ1n) is 8.15. The molecule has 1 aromatic heterocycles. The van der Waals surface area contributed by atoms with Gasteiger partial charge in [-0.3, -0.25) is 24.0 Å². The van der Waals surface area contributed by atoms with Gasteiger partial charge in [0.2, 0.25) is 0 Å². The van der Waals surface area contributed by atoms with Gasteiger partial charge in [0, 0.05) is 12.3 Å². The number of nitrogens with one attached hydrogen (secondary N) is 1. The number of piperidine rings is 1. The van der Waals surface area contributed by atoms with Crippen LogP contribution in [0.4, 0.5) is 0 Å². The summed E-state index contributed by atoms with van der Waals surface area (Å²) < 4.78 is 6.73. The Morgan fingerprint density at radius 2 is 2.00 bits per heavy atom. The monoisotopic (exact) mass is 355 g/mol. The SMILES string of the molecule is O=C(O)C1CCN([C@H]2[C@H](O)[C@H](n3ccc(=O)[nH]c3=O)O[C@@H]2CO)CC1. The summed E-state index contributed by atoms with van der Waals surface area (Å²) in [5.41, 5.74) is -1.27. The van der Waals surface area contributed by atoms with Crippen molar-refractivity contribution in [3.8, 4) is 0 Å². The molecule has 0 aromatic carbocycles. The number of aromatic nitrogens is 2. The summed E-state index contributed by atoms with van der Waals surface area (Å²) in [4.78, 5) is 38.2. The van der Waals surface area contributed by atoms with Crippen molar-refractivity contribution in [1.29, 1.82) is 0 Å². The second kappa shape index (κ2) is 7.08. The van der Waals surface area contributed by atoms with Crippen LogP contribution in [0, 0.1) is 5.92 Å². The second-order valence-electron chi connectivity index (χ2n) is 6.39. The summed E-state index contributed by atoms with van der Waals surface area (Å²) in [5, 5.41) is 29.4. The van der Waals surface area contributed by atoms with E-state index in [1.54, 1.807) is 0 Å². The molecule has 2 aliphatic heterocycles. The van der Waals surface area contributed by atoms with E-state index in [0.717, 1.165) is 10.6 Å². The van der Waals surface area contributed by atoms with Crippen molar-refractivity contribution < 1.29 is 24.9 Å². The Labute approximate surface area is 142 Å². The molecule has 0 amide bonds. The number of carbonyl (C=O) groups is 1. The predicted octanol–water partition coefficient (Wildman–Crippen LogP) is -2.05. The van der Waals surface area contributed by atoms with Crippen molar-refractivity contribution in [3.05, 3.63) is 33.1 Å². The van der Waals surface area contributed by atoms with Gasteiger partial charge in [0.15, 0.2) is 6.23 Å². The lowest BCUT2D eigenvalue weighted by molar-refractivity contribution is -0.143. The van der Waals surface area contributed by atoms with E-state index in [2.05, 4.69) is 4.98 Å². The minimum Gasteiger partial charge on any atom is -0.481 e. The molecule has 138 valence electrons. The van der Waals surface area contributed by atoms with Gasteiger partial charge >= 0.3 is 11.7 Å². The van der Waals surface area contributed by atoms with Crippen LogP contribution in [0.5, 0.6) is 0 Å². The Morgan fingerprint density at radius 3 is 2.56 bits per heavy atom. The number of rotatable bonds is 4. The zero-order valence-electron chi connectivity index (χ0n) is 13.4. The van der Waals surface area contributed by atoms with Gasteiger partial charge in [-0.1, -0.05) is 0 Å². The van der Waals surface area contributed by atoms with Gasteiger partial charge in [0.1, 0.15) is 12.2 Å². The van der Waals surface area contributed by atoms with Gasteiger partial charge in [-0.25, -0.2) is 4.79 Å². The highest BCUT2D eigenvalue weighted by Crippen LogP contribution is 2.33. The van der Waals surface area contributed by atoms with E-state index in [4.69, 9.17) is 9.84 Å². The number of nitrogens with zero attached hydrogens (tertiary/aromatic N) is 2. The summed E-state index contributed by atoms with van der Waals surface area (Å²) in [7, 11) is 0. The highest BCUT2D eigenvalue weighted by Gasteiger charge is 2.48. The van der Waals surface area contributed by atoms with Gasteiger partial charge in [-0.05, 0) is 25.9 Å². The van der Waals surface area contributed by atoms with Crippen LogP contribution in [-0.4, -0.2) is 73.7 Å². The summed E-state index contributed by atoms with van der Waals surface area (Å²) in [6.45, 7) is 0.548. The maximum Gasteiger partial charge on any atom is 0.330 e. The lowest BCUT2D eigenvalue weighted by Crippen LogP contribution is -2.52. The van der Waals surface area contributed by atoms with E-state index in [9.17, 15) is 24.6 Å². The first-order chi connectivity index (χ1) is 11.9. The van der Waals surface area contributed by atoms with E-state index in [1.165, 1.54) is 6.20 Å². The normalized spacial score (nSPS) is 31.3. The largest absolute Gasteiger partial charge is 0.481 e. The van der Waals surface area contributed by atoms with Gasteiger partial charge in [-0.2, -0.15) is 0 Å². The van der Waals surface area contributed by atoms with Crippen molar-refractivity contribution in [3.63, 3.8) is 0 Å². The third-order valence-electron chi connectivity index (χ3n) is 4.94. The molecule has 10 heteroatoms. The van der Waals surface area contributed by atoms with Crippen LogP contribution in [0.2, 0.25) is 0 Å². The van der Waals surface area contributed by atoms with Crippen molar-refractivity contribution in [2.24, 2.45) is 5.92 Å².